The molecule has 162 valence electrons. The Balaban J connectivity index is 2.57. The molecule has 1 heterocycles. The Morgan fingerprint density at radius 3 is 2.36 bits per heavy atom. The van der Waals surface area contributed by atoms with Crippen LogP contribution in [0, 0.1) is 5.92 Å². The molecule has 0 aromatic heterocycles. The van der Waals surface area contributed by atoms with Gasteiger partial charge < -0.3 is 15.0 Å². The van der Waals surface area contributed by atoms with Crippen molar-refractivity contribution in [3.63, 3.8) is 0 Å². The quantitative estimate of drug-likeness (QED) is 0.718. The van der Waals surface area contributed by atoms with Gasteiger partial charge in [0.1, 0.15) is 5.60 Å². The van der Waals surface area contributed by atoms with E-state index >= 15 is 0 Å². The van der Waals surface area contributed by atoms with Gasteiger partial charge in [-0.15, -0.1) is 0 Å². The summed E-state index contributed by atoms with van der Waals surface area (Å²) in [5, 5.41) is 5.00. The van der Waals surface area contributed by atoms with Gasteiger partial charge in [0.2, 0.25) is 5.91 Å². The number of ether oxygens (including phenoxy) is 1. The highest BCUT2D eigenvalue weighted by Gasteiger charge is 2.29. The van der Waals surface area contributed by atoms with Crippen LogP contribution in [0.3, 0.4) is 0 Å². The average Bonchev–Trinajstić information content (AvgIpc) is 2.49. The molecule has 1 aliphatic rings. The lowest BCUT2D eigenvalue weighted by atomic mass is 9.97. The summed E-state index contributed by atoms with van der Waals surface area (Å²) in [6.45, 7) is 15.5. The molecule has 0 aliphatic carbocycles. The molecule has 0 saturated carbocycles. The van der Waals surface area contributed by atoms with Gasteiger partial charge in [-0.05, 0) is 73.8 Å². The normalized spacial score (nSPS) is 18.1. The van der Waals surface area contributed by atoms with E-state index in [9.17, 15) is 14.4 Å². The van der Waals surface area contributed by atoms with Crippen LogP contribution in [-0.4, -0.2) is 71.7 Å². The average molecular weight is 399 g/mol. The summed E-state index contributed by atoms with van der Waals surface area (Å²) in [5.41, 5.74) is -0.530. The number of likely N-dealkylation sites (tertiary alicyclic amines) is 1. The number of hydrogen-bond acceptors (Lipinski definition) is 5. The van der Waals surface area contributed by atoms with Crippen LogP contribution in [0.25, 0.3) is 0 Å². The van der Waals surface area contributed by atoms with Crippen molar-refractivity contribution in [1.82, 2.24) is 20.4 Å². The number of urea groups is 1. The van der Waals surface area contributed by atoms with Crippen LogP contribution >= 0.6 is 0 Å². The lowest BCUT2D eigenvalue weighted by Crippen LogP contribution is -2.50. The van der Waals surface area contributed by atoms with Crippen molar-refractivity contribution >= 4 is 18.0 Å². The number of carbonyl (C=O) groups excluding carboxylic acids is 3. The first-order valence-corrected chi connectivity index (χ1v) is 10.2. The third kappa shape index (κ3) is 9.39. The fourth-order valence-electron chi connectivity index (χ4n) is 3.21. The Bertz CT molecular complexity index is 543. The largest absolute Gasteiger partial charge is 0.444 e. The molecule has 0 radical (unpaired) electrons. The van der Waals surface area contributed by atoms with E-state index < -0.39 is 11.6 Å². The molecule has 8 heteroatoms. The third-order valence-corrected chi connectivity index (χ3v) is 4.35. The molecule has 0 aromatic rings. The summed E-state index contributed by atoms with van der Waals surface area (Å²) in [6, 6.07) is -0.459. The number of nitrogens with zero attached hydrogens (tertiary/aromatic N) is 2. The summed E-state index contributed by atoms with van der Waals surface area (Å²) in [5.74, 6) is -0.0485. The minimum Gasteiger partial charge on any atom is -0.444 e. The van der Waals surface area contributed by atoms with Crippen molar-refractivity contribution in [2.75, 3.05) is 26.2 Å². The Kier molecular flexibility index (Phi) is 9.20. The molecule has 1 saturated heterocycles. The minimum absolute atomic E-state index is 0.0259. The number of imide groups is 1. The summed E-state index contributed by atoms with van der Waals surface area (Å²) < 4.78 is 5.53. The number of hydrogen-bond donors (Lipinski definition) is 2. The fourth-order valence-corrected chi connectivity index (χ4v) is 3.21. The second-order valence-corrected chi connectivity index (χ2v) is 9.15. The van der Waals surface area contributed by atoms with Crippen LogP contribution in [0.2, 0.25) is 0 Å². The summed E-state index contributed by atoms with van der Waals surface area (Å²) in [4.78, 5) is 40.1. The highest BCUT2D eigenvalue weighted by atomic mass is 16.6. The van der Waals surface area contributed by atoms with Crippen molar-refractivity contribution in [3.8, 4) is 0 Å². The summed E-state index contributed by atoms with van der Waals surface area (Å²) in [7, 11) is 0. The maximum Gasteiger partial charge on any atom is 0.410 e. The second-order valence-electron chi connectivity index (χ2n) is 9.15. The van der Waals surface area contributed by atoms with E-state index in [-0.39, 0.29) is 36.5 Å². The third-order valence-electron chi connectivity index (χ3n) is 4.35. The van der Waals surface area contributed by atoms with E-state index in [0.29, 0.717) is 13.1 Å². The molecule has 28 heavy (non-hydrogen) atoms. The Hall–Kier alpha value is -1.83. The van der Waals surface area contributed by atoms with Gasteiger partial charge in [0.05, 0.1) is 6.54 Å². The Morgan fingerprint density at radius 1 is 1.18 bits per heavy atom. The van der Waals surface area contributed by atoms with Gasteiger partial charge in [-0.25, -0.2) is 9.59 Å². The topological polar surface area (TPSA) is 91.0 Å². The van der Waals surface area contributed by atoms with Crippen LogP contribution in [0.1, 0.15) is 61.3 Å². The van der Waals surface area contributed by atoms with Gasteiger partial charge in [-0.2, -0.15) is 0 Å². The summed E-state index contributed by atoms with van der Waals surface area (Å²) in [6.07, 6.45) is 1.65. The lowest BCUT2D eigenvalue weighted by molar-refractivity contribution is -0.121. The van der Waals surface area contributed by atoms with Crippen molar-refractivity contribution in [2.24, 2.45) is 5.92 Å². The van der Waals surface area contributed by atoms with Crippen molar-refractivity contribution in [1.29, 1.82) is 0 Å². The SMILES string of the molecule is CC(C)NC(=O)NC(=O)CN1CCCC(CN(C(=O)OC(C)(C)C)C(C)C)C1. The van der Waals surface area contributed by atoms with Crippen LogP contribution < -0.4 is 10.6 Å². The molecule has 1 unspecified atom stereocenters. The van der Waals surface area contributed by atoms with Gasteiger partial charge in [0.25, 0.3) is 0 Å². The number of amides is 4. The summed E-state index contributed by atoms with van der Waals surface area (Å²) >= 11 is 0. The minimum atomic E-state index is -0.530. The number of piperidine rings is 1. The van der Waals surface area contributed by atoms with Crippen molar-refractivity contribution < 1.29 is 19.1 Å². The van der Waals surface area contributed by atoms with Gasteiger partial charge in [-0.1, -0.05) is 0 Å². The van der Waals surface area contributed by atoms with E-state index in [1.54, 1.807) is 4.90 Å². The number of rotatable bonds is 6. The molecule has 2 N–H and O–H groups in total. The highest BCUT2D eigenvalue weighted by molar-refractivity contribution is 5.95. The Morgan fingerprint density at radius 2 is 1.82 bits per heavy atom. The van der Waals surface area contributed by atoms with E-state index in [1.807, 2.05) is 53.4 Å². The molecule has 1 fully saturated rings. The predicted octanol–water partition coefficient (Wildman–Crippen LogP) is 2.58. The second kappa shape index (κ2) is 10.6. The first-order chi connectivity index (χ1) is 12.9. The molecule has 8 nitrogen and oxygen atoms in total. The zero-order valence-corrected chi connectivity index (χ0v) is 18.5. The van der Waals surface area contributed by atoms with Crippen LogP contribution in [0.4, 0.5) is 9.59 Å². The first kappa shape index (κ1) is 24.2. The van der Waals surface area contributed by atoms with Gasteiger partial charge >= 0.3 is 12.1 Å². The van der Waals surface area contributed by atoms with Gasteiger partial charge in [-0.3, -0.25) is 15.0 Å². The first-order valence-electron chi connectivity index (χ1n) is 10.2. The maximum atomic E-state index is 12.5. The van der Waals surface area contributed by atoms with Gasteiger partial charge in [0, 0.05) is 25.2 Å². The van der Waals surface area contributed by atoms with Crippen LogP contribution in [0.15, 0.2) is 0 Å². The van der Waals surface area contributed by atoms with Crippen molar-refractivity contribution in [2.45, 2.75) is 79.0 Å². The smallest absolute Gasteiger partial charge is 0.410 e. The Labute approximate surface area is 169 Å². The zero-order valence-electron chi connectivity index (χ0n) is 18.5. The molecule has 1 atom stereocenters. The van der Waals surface area contributed by atoms with Crippen molar-refractivity contribution in [3.05, 3.63) is 0 Å². The van der Waals surface area contributed by atoms with Gasteiger partial charge in [0.15, 0.2) is 0 Å². The predicted molar refractivity (Wildman–Crippen MR) is 109 cm³/mol. The van der Waals surface area contributed by atoms with Crippen LogP contribution in [-0.2, 0) is 9.53 Å². The molecule has 0 bridgehead atoms. The molecule has 0 aromatic carbocycles. The van der Waals surface area contributed by atoms with Crippen LogP contribution in [0.5, 0.6) is 0 Å². The molecule has 1 rings (SSSR count). The molecule has 4 amide bonds. The molecule has 0 spiro atoms. The van der Waals surface area contributed by atoms with E-state index in [4.69, 9.17) is 4.74 Å². The van der Waals surface area contributed by atoms with E-state index in [2.05, 4.69) is 10.6 Å². The molecular formula is C20H38N4O4. The number of carbonyl (C=O) groups is 3. The monoisotopic (exact) mass is 398 g/mol. The highest BCUT2D eigenvalue weighted by Crippen LogP contribution is 2.20. The molecule has 1 aliphatic heterocycles. The maximum absolute atomic E-state index is 12.5. The lowest BCUT2D eigenvalue weighted by Gasteiger charge is -2.37. The molecular weight excluding hydrogens is 360 g/mol. The fraction of sp³-hybridized carbons (Fsp3) is 0.850. The van der Waals surface area contributed by atoms with E-state index in [0.717, 1.165) is 19.4 Å². The van der Waals surface area contributed by atoms with E-state index in [1.165, 1.54) is 0 Å². The zero-order chi connectivity index (χ0) is 21.5. The number of nitrogens with one attached hydrogen (secondary N) is 2. The standard InChI is InChI=1S/C20H38N4O4/c1-14(2)21-18(26)22-17(25)13-23-10-8-9-16(11-23)12-24(15(3)4)19(27)28-20(5,6)7/h14-16H,8-13H2,1-7H3,(H2,21,22,25,26).